The maximum Gasteiger partial charge on any atom is 0.271 e. The van der Waals surface area contributed by atoms with E-state index in [1.54, 1.807) is 6.07 Å². The zero-order chi connectivity index (χ0) is 20.1. The van der Waals surface area contributed by atoms with E-state index in [4.69, 9.17) is 40.2 Å². The number of carbonyl (C=O) groups is 1. The minimum atomic E-state index is -0.988. The summed E-state index contributed by atoms with van der Waals surface area (Å²) in [6.45, 7) is 1.46. The lowest BCUT2D eigenvalue weighted by atomic mass is 10.2. The number of nitrogens with zero attached hydrogens (tertiary/aromatic N) is 1. The van der Waals surface area contributed by atoms with Crippen molar-refractivity contribution in [2.45, 2.75) is 13.0 Å². The summed E-state index contributed by atoms with van der Waals surface area (Å²) in [6.07, 6.45) is -0.988. The number of carbonyl (C=O) groups excluding carboxylic acids is 1. The van der Waals surface area contributed by atoms with Gasteiger partial charge in [0.05, 0.1) is 15.6 Å². The molecule has 7 nitrogen and oxygen atoms in total. The highest BCUT2D eigenvalue weighted by Crippen LogP contribution is 2.28. The number of nitrogens with one attached hydrogen (secondary N) is 2. The van der Waals surface area contributed by atoms with Gasteiger partial charge in [0.1, 0.15) is 11.6 Å². The normalized spacial score (nSPS) is 11.4. The zero-order valence-corrected chi connectivity index (χ0v) is 16.0. The zero-order valence-electron chi connectivity index (χ0n) is 13.7. The summed E-state index contributed by atoms with van der Waals surface area (Å²) in [4.78, 5) is 22.2. The van der Waals surface area contributed by atoms with Crippen molar-refractivity contribution in [3.05, 3.63) is 62.4 Å². The van der Waals surface area contributed by atoms with Crippen molar-refractivity contribution in [3.8, 4) is 5.75 Å². The van der Waals surface area contributed by atoms with Gasteiger partial charge in [-0.1, -0.05) is 23.2 Å². The van der Waals surface area contributed by atoms with Gasteiger partial charge in [0, 0.05) is 17.2 Å². The molecule has 0 saturated heterocycles. The third kappa shape index (κ3) is 5.75. The Hall–Kier alpha value is -2.49. The van der Waals surface area contributed by atoms with Crippen LogP contribution in [0.15, 0.2) is 36.4 Å². The van der Waals surface area contributed by atoms with Crippen LogP contribution in [0.25, 0.3) is 0 Å². The fourth-order valence-electron chi connectivity index (χ4n) is 1.90. The third-order valence-corrected chi connectivity index (χ3v) is 3.95. The molecule has 0 heterocycles. The molecule has 0 aliphatic heterocycles. The summed E-state index contributed by atoms with van der Waals surface area (Å²) in [6, 6.07) is 7.39. The number of halogens is 3. The summed E-state index contributed by atoms with van der Waals surface area (Å²) < 4.78 is 19.2. The molecule has 1 unspecified atom stereocenters. The number of benzene rings is 2. The lowest BCUT2D eigenvalue weighted by Gasteiger charge is -2.16. The van der Waals surface area contributed by atoms with E-state index in [2.05, 4.69) is 10.6 Å². The molecule has 27 heavy (non-hydrogen) atoms. The minimum absolute atomic E-state index is 0.224. The average molecular weight is 432 g/mol. The Kier molecular flexibility index (Phi) is 6.89. The SMILES string of the molecule is CC(Oc1ccc(Cl)cc1Cl)C(=O)NC(=S)Nc1cc([N+](=O)[O-])ccc1F. The molecule has 0 aromatic heterocycles. The Balaban J connectivity index is 1.99. The number of hydrogen-bond acceptors (Lipinski definition) is 5. The van der Waals surface area contributed by atoms with Crippen molar-refractivity contribution in [2.75, 3.05) is 5.32 Å². The Labute approximate surface area is 168 Å². The molecule has 0 fully saturated rings. The predicted octanol–water partition coefficient (Wildman–Crippen LogP) is 4.32. The van der Waals surface area contributed by atoms with Crippen LogP contribution in [-0.2, 0) is 4.79 Å². The molecule has 2 aromatic carbocycles. The monoisotopic (exact) mass is 431 g/mol. The van der Waals surface area contributed by atoms with Gasteiger partial charge in [-0.15, -0.1) is 0 Å². The van der Waals surface area contributed by atoms with E-state index in [0.29, 0.717) is 5.02 Å². The maximum absolute atomic E-state index is 13.7. The number of non-ortho nitro benzene ring substituents is 1. The highest BCUT2D eigenvalue weighted by molar-refractivity contribution is 7.80. The van der Waals surface area contributed by atoms with Crippen LogP contribution in [0.3, 0.4) is 0 Å². The molecule has 11 heteroatoms. The number of nitro groups is 1. The first-order valence-corrected chi connectivity index (χ1v) is 8.51. The first-order chi connectivity index (χ1) is 12.7. The molecule has 0 radical (unpaired) electrons. The average Bonchev–Trinajstić information content (AvgIpc) is 2.58. The Morgan fingerprint density at radius 2 is 2.00 bits per heavy atom. The summed E-state index contributed by atoms with van der Waals surface area (Å²) in [5.74, 6) is -1.16. The van der Waals surface area contributed by atoms with Crippen LogP contribution in [0.4, 0.5) is 15.8 Å². The van der Waals surface area contributed by atoms with Crippen LogP contribution >= 0.6 is 35.4 Å². The van der Waals surface area contributed by atoms with E-state index in [0.717, 1.165) is 18.2 Å². The molecule has 1 atom stereocenters. The fourth-order valence-corrected chi connectivity index (χ4v) is 2.57. The van der Waals surface area contributed by atoms with E-state index in [1.165, 1.54) is 19.1 Å². The number of amides is 1. The molecule has 142 valence electrons. The van der Waals surface area contributed by atoms with Crippen molar-refractivity contribution in [2.24, 2.45) is 0 Å². The number of anilines is 1. The third-order valence-electron chi connectivity index (χ3n) is 3.21. The quantitative estimate of drug-likeness (QED) is 0.415. The smallest absolute Gasteiger partial charge is 0.271 e. The lowest BCUT2D eigenvalue weighted by Crippen LogP contribution is -2.42. The van der Waals surface area contributed by atoms with Gasteiger partial charge in [-0.2, -0.15) is 0 Å². The highest BCUT2D eigenvalue weighted by atomic mass is 35.5. The number of rotatable bonds is 5. The topological polar surface area (TPSA) is 93.5 Å². The molecule has 2 rings (SSSR count). The van der Waals surface area contributed by atoms with E-state index in [9.17, 15) is 19.3 Å². The second kappa shape index (κ2) is 8.94. The molecule has 0 saturated carbocycles. The highest BCUT2D eigenvalue weighted by Gasteiger charge is 2.19. The van der Waals surface area contributed by atoms with Crippen molar-refractivity contribution in [1.29, 1.82) is 0 Å². The number of ether oxygens (including phenoxy) is 1. The van der Waals surface area contributed by atoms with Crippen LogP contribution in [0.5, 0.6) is 5.75 Å². The number of thiocarbonyl (C=S) groups is 1. The van der Waals surface area contributed by atoms with Crippen LogP contribution in [0.2, 0.25) is 10.0 Å². The number of hydrogen-bond donors (Lipinski definition) is 2. The van der Waals surface area contributed by atoms with Crippen molar-refractivity contribution < 1.29 is 18.8 Å². The van der Waals surface area contributed by atoms with E-state index in [1.807, 2.05) is 0 Å². The van der Waals surface area contributed by atoms with Crippen LogP contribution < -0.4 is 15.4 Å². The summed E-state index contributed by atoms with van der Waals surface area (Å²) in [5.41, 5.74) is -0.578. The van der Waals surface area contributed by atoms with E-state index in [-0.39, 0.29) is 27.3 Å². The van der Waals surface area contributed by atoms with E-state index >= 15 is 0 Å². The predicted molar refractivity (Wildman–Crippen MR) is 104 cm³/mol. The van der Waals surface area contributed by atoms with E-state index < -0.39 is 22.8 Å². The molecule has 2 aromatic rings. The summed E-state index contributed by atoms with van der Waals surface area (Å²) in [7, 11) is 0. The largest absolute Gasteiger partial charge is 0.479 e. The van der Waals surface area contributed by atoms with Gasteiger partial charge in [-0.3, -0.25) is 20.2 Å². The van der Waals surface area contributed by atoms with Crippen molar-refractivity contribution in [3.63, 3.8) is 0 Å². The molecule has 2 N–H and O–H groups in total. The van der Waals surface area contributed by atoms with Gasteiger partial charge in [-0.05, 0) is 43.4 Å². The Morgan fingerprint density at radius 3 is 2.63 bits per heavy atom. The molecule has 0 bridgehead atoms. The summed E-state index contributed by atoms with van der Waals surface area (Å²) in [5, 5.41) is 15.8. The fraction of sp³-hybridized carbons (Fsp3) is 0.125. The first kappa shape index (κ1) is 20.8. The molecule has 0 aliphatic rings. The molecular formula is C16H12Cl2FN3O4S. The van der Waals surface area contributed by atoms with Crippen LogP contribution in [0.1, 0.15) is 6.92 Å². The van der Waals surface area contributed by atoms with Crippen LogP contribution in [-0.4, -0.2) is 22.0 Å². The van der Waals surface area contributed by atoms with Gasteiger partial charge in [0.15, 0.2) is 11.2 Å². The van der Waals surface area contributed by atoms with Crippen molar-refractivity contribution >= 4 is 57.8 Å². The standard InChI is InChI=1S/C16H12Cl2FN3O4S/c1-8(26-14-5-2-9(17)6-11(14)18)15(23)21-16(27)20-13-7-10(22(24)25)3-4-12(13)19/h2-8H,1H3,(H2,20,21,23,27). The van der Waals surface area contributed by atoms with Gasteiger partial charge >= 0.3 is 0 Å². The molecule has 0 spiro atoms. The van der Waals surface area contributed by atoms with Gasteiger partial charge in [0.25, 0.3) is 11.6 Å². The lowest BCUT2D eigenvalue weighted by molar-refractivity contribution is -0.384. The van der Waals surface area contributed by atoms with Gasteiger partial charge in [0.2, 0.25) is 0 Å². The second-order valence-electron chi connectivity index (χ2n) is 5.20. The minimum Gasteiger partial charge on any atom is -0.479 e. The van der Waals surface area contributed by atoms with Gasteiger partial charge in [-0.25, -0.2) is 4.39 Å². The Bertz CT molecular complexity index is 913. The first-order valence-electron chi connectivity index (χ1n) is 7.35. The van der Waals surface area contributed by atoms with Gasteiger partial charge < -0.3 is 10.1 Å². The molecular weight excluding hydrogens is 420 g/mol. The maximum atomic E-state index is 13.7. The van der Waals surface area contributed by atoms with Crippen LogP contribution in [0, 0.1) is 15.9 Å². The number of nitro benzene ring substituents is 1. The summed E-state index contributed by atoms with van der Waals surface area (Å²) >= 11 is 16.7. The van der Waals surface area contributed by atoms with Crippen molar-refractivity contribution in [1.82, 2.24) is 5.32 Å². The molecule has 0 aliphatic carbocycles. The molecule has 1 amide bonds. The Morgan fingerprint density at radius 1 is 1.30 bits per heavy atom. The second-order valence-corrected chi connectivity index (χ2v) is 6.45.